The molecule has 112 valence electrons. The molecule has 0 aliphatic carbocycles. The van der Waals surface area contributed by atoms with E-state index in [-0.39, 0.29) is 0 Å². The van der Waals surface area contributed by atoms with Gasteiger partial charge < -0.3 is 15.3 Å². The molecule has 1 aliphatic rings. The number of carboxylic acids is 1. The number of carbonyl (C=O) groups is 1. The van der Waals surface area contributed by atoms with Crippen LogP contribution in [-0.4, -0.2) is 41.7 Å². The van der Waals surface area contributed by atoms with Crippen LogP contribution < -0.4 is 5.32 Å². The van der Waals surface area contributed by atoms with Gasteiger partial charge >= 0.3 is 5.97 Å². The zero-order valence-electron chi connectivity index (χ0n) is 12.5. The lowest BCUT2D eigenvalue weighted by Crippen LogP contribution is -2.30. The summed E-state index contributed by atoms with van der Waals surface area (Å²) in [5, 5.41) is 12.5. The van der Waals surface area contributed by atoms with Crippen LogP contribution in [0.3, 0.4) is 0 Å². The van der Waals surface area contributed by atoms with Crippen molar-refractivity contribution in [2.45, 2.75) is 39.8 Å². The Morgan fingerprint density at radius 2 is 2.35 bits per heavy atom. The van der Waals surface area contributed by atoms with Gasteiger partial charge in [-0.3, -0.25) is 0 Å². The Kier molecular flexibility index (Phi) is 5.18. The number of aromatic carboxylic acids is 1. The van der Waals surface area contributed by atoms with Crippen LogP contribution in [0.4, 0.5) is 0 Å². The Balaban J connectivity index is 1.78. The molecule has 2 rings (SSSR count). The summed E-state index contributed by atoms with van der Waals surface area (Å²) in [5.74, 6) is -0.108. The van der Waals surface area contributed by atoms with Crippen LogP contribution in [0.25, 0.3) is 0 Å². The van der Waals surface area contributed by atoms with E-state index in [9.17, 15) is 4.79 Å². The summed E-state index contributed by atoms with van der Waals surface area (Å²) in [6.45, 7) is 10.6. The molecule has 2 N–H and O–H groups in total. The zero-order valence-corrected chi connectivity index (χ0v) is 13.3. The fourth-order valence-electron chi connectivity index (χ4n) is 2.71. The highest BCUT2D eigenvalue weighted by molar-refractivity contribution is 7.14. The predicted octanol–water partition coefficient (Wildman–Crippen LogP) is 2.57. The van der Waals surface area contributed by atoms with Crippen molar-refractivity contribution in [2.75, 3.05) is 19.6 Å². The number of thiophene rings is 1. The van der Waals surface area contributed by atoms with E-state index in [1.807, 2.05) is 6.92 Å². The normalized spacial score (nSPS) is 19.9. The van der Waals surface area contributed by atoms with Crippen molar-refractivity contribution < 1.29 is 9.90 Å². The minimum atomic E-state index is -0.826. The number of likely N-dealkylation sites (tertiary alicyclic amines) is 1. The lowest BCUT2D eigenvalue weighted by atomic mass is 10.1. The summed E-state index contributed by atoms with van der Waals surface area (Å²) in [4.78, 5) is 15.0. The van der Waals surface area contributed by atoms with Crippen molar-refractivity contribution in [3.63, 3.8) is 0 Å². The molecule has 0 radical (unpaired) electrons. The number of nitrogens with one attached hydrogen (secondary N) is 1. The fraction of sp³-hybridized carbons (Fsp3) is 0.667. The third-order valence-electron chi connectivity index (χ3n) is 4.03. The van der Waals surface area contributed by atoms with Gasteiger partial charge in [0.2, 0.25) is 0 Å². The molecule has 1 fully saturated rings. The van der Waals surface area contributed by atoms with Crippen LogP contribution >= 0.6 is 11.3 Å². The quantitative estimate of drug-likeness (QED) is 0.847. The Bertz CT molecular complexity index is 470. The highest BCUT2D eigenvalue weighted by Crippen LogP contribution is 2.22. The van der Waals surface area contributed by atoms with E-state index in [4.69, 9.17) is 5.11 Å². The second kappa shape index (κ2) is 6.70. The van der Waals surface area contributed by atoms with E-state index in [2.05, 4.69) is 24.1 Å². The third-order valence-corrected chi connectivity index (χ3v) is 5.11. The highest BCUT2D eigenvalue weighted by Gasteiger charge is 2.23. The molecule has 0 amide bonds. The van der Waals surface area contributed by atoms with Crippen molar-refractivity contribution in [3.05, 3.63) is 21.4 Å². The number of hydrogen-bond acceptors (Lipinski definition) is 4. The van der Waals surface area contributed by atoms with Crippen LogP contribution in [0.5, 0.6) is 0 Å². The molecule has 0 bridgehead atoms. The van der Waals surface area contributed by atoms with Gasteiger partial charge in [-0.15, -0.1) is 11.3 Å². The molecule has 1 aromatic heterocycles. The minimum absolute atomic E-state index is 0.436. The van der Waals surface area contributed by atoms with E-state index in [1.54, 1.807) is 6.07 Å². The number of hydrogen-bond donors (Lipinski definition) is 2. The third kappa shape index (κ3) is 3.81. The molecule has 1 saturated heterocycles. The average molecular weight is 296 g/mol. The molecule has 1 atom stereocenters. The lowest BCUT2D eigenvalue weighted by Gasteiger charge is -2.20. The van der Waals surface area contributed by atoms with Gasteiger partial charge in [-0.1, -0.05) is 0 Å². The van der Waals surface area contributed by atoms with Gasteiger partial charge in [-0.2, -0.15) is 0 Å². The molecule has 1 aliphatic heterocycles. The molecule has 0 spiro atoms. The maximum atomic E-state index is 10.9. The first-order valence-corrected chi connectivity index (χ1v) is 8.06. The van der Waals surface area contributed by atoms with Crippen LogP contribution in [0.15, 0.2) is 6.07 Å². The van der Waals surface area contributed by atoms with Crippen molar-refractivity contribution in [1.82, 2.24) is 10.2 Å². The molecular weight excluding hydrogens is 272 g/mol. The van der Waals surface area contributed by atoms with Gasteiger partial charge in [-0.25, -0.2) is 4.79 Å². The van der Waals surface area contributed by atoms with Gasteiger partial charge in [0.1, 0.15) is 4.88 Å². The summed E-state index contributed by atoms with van der Waals surface area (Å²) in [7, 11) is 0. The molecule has 2 heterocycles. The molecule has 0 saturated carbocycles. The van der Waals surface area contributed by atoms with E-state index in [0.29, 0.717) is 10.9 Å². The summed E-state index contributed by atoms with van der Waals surface area (Å²) in [6, 6.07) is 2.43. The minimum Gasteiger partial charge on any atom is -0.477 e. The average Bonchev–Trinajstić information content (AvgIpc) is 2.97. The zero-order chi connectivity index (χ0) is 14.7. The summed E-state index contributed by atoms with van der Waals surface area (Å²) < 4.78 is 0. The van der Waals surface area contributed by atoms with E-state index in [1.165, 1.54) is 30.8 Å². The van der Waals surface area contributed by atoms with Crippen LogP contribution in [0.2, 0.25) is 0 Å². The first kappa shape index (κ1) is 15.5. The first-order valence-electron chi connectivity index (χ1n) is 7.24. The van der Waals surface area contributed by atoms with Gasteiger partial charge in [0, 0.05) is 24.0 Å². The smallest absolute Gasteiger partial charge is 0.345 e. The van der Waals surface area contributed by atoms with E-state index in [0.717, 1.165) is 29.4 Å². The van der Waals surface area contributed by atoms with Crippen molar-refractivity contribution in [1.29, 1.82) is 0 Å². The molecule has 1 unspecified atom stereocenters. The maximum Gasteiger partial charge on any atom is 0.345 e. The predicted molar refractivity (Wildman–Crippen MR) is 82.5 cm³/mol. The fourth-order valence-corrected chi connectivity index (χ4v) is 3.59. The number of carboxylic acid groups (broad SMARTS) is 1. The Hall–Kier alpha value is -0.910. The number of aryl methyl sites for hydroxylation is 1. The molecule has 4 nitrogen and oxygen atoms in total. The standard InChI is InChI=1S/C15H24N2O2S/c1-10(2)17-5-4-12(9-17)7-16-8-13-6-14(15(18)19)20-11(13)3/h6,10,12,16H,4-5,7-9H2,1-3H3,(H,18,19). The van der Waals surface area contributed by atoms with Gasteiger partial charge in [0.25, 0.3) is 0 Å². The molecular formula is C15H24N2O2S. The SMILES string of the molecule is Cc1sc(C(=O)O)cc1CNCC1CCN(C(C)C)C1. The molecule has 5 heteroatoms. The maximum absolute atomic E-state index is 10.9. The van der Waals surface area contributed by atoms with Crippen molar-refractivity contribution >= 4 is 17.3 Å². The number of rotatable bonds is 6. The molecule has 0 aromatic carbocycles. The summed E-state index contributed by atoms with van der Waals surface area (Å²) in [5.41, 5.74) is 1.12. The van der Waals surface area contributed by atoms with Crippen LogP contribution in [0, 0.1) is 12.8 Å². The second-order valence-corrected chi connectivity index (χ2v) is 7.13. The highest BCUT2D eigenvalue weighted by atomic mass is 32.1. The monoisotopic (exact) mass is 296 g/mol. The Morgan fingerprint density at radius 1 is 1.60 bits per heavy atom. The van der Waals surface area contributed by atoms with Crippen molar-refractivity contribution in [3.8, 4) is 0 Å². The Morgan fingerprint density at radius 3 is 2.90 bits per heavy atom. The van der Waals surface area contributed by atoms with Crippen LogP contribution in [-0.2, 0) is 6.54 Å². The number of nitrogens with zero attached hydrogens (tertiary/aromatic N) is 1. The second-order valence-electron chi connectivity index (χ2n) is 5.87. The van der Waals surface area contributed by atoms with Crippen molar-refractivity contribution in [2.24, 2.45) is 5.92 Å². The van der Waals surface area contributed by atoms with E-state index < -0.39 is 5.97 Å². The molecule has 20 heavy (non-hydrogen) atoms. The van der Waals surface area contributed by atoms with Gasteiger partial charge in [-0.05, 0) is 57.8 Å². The summed E-state index contributed by atoms with van der Waals surface area (Å²) >= 11 is 1.36. The first-order chi connectivity index (χ1) is 9.47. The van der Waals surface area contributed by atoms with Crippen LogP contribution in [0.1, 0.15) is 40.4 Å². The topological polar surface area (TPSA) is 52.6 Å². The summed E-state index contributed by atoms with van der Waals surface area (Å²) in [6.07, 6.45) is 1.26. The van der Waals surface area contributed by atoms with E-state index >= 15 is 0 Å². The van der Waals surface area contributed by atoms with Gasteiger partial charge in [0.15, 0.2) is 0 Å². The lowest BCUT2D eigenvalue weighted by molar-refractivity contribution is 0.0702. The van der Waals surface area contributed by atoms with Gasteiger partial charge in [0.05, 0.1) is 0 Å². The molecule has 1 aromatic rings. The largest absolute Gasteiger partial charge is 0.477 e. The Labute approximate surface area is 124 Å².